The number of nitrogens with zero attached hydrogens (tertiary/aromatic N) is 2. The van der Waals surface area contributed by atoms with E-state index in [0.717, 1.165) is 26.3 Å². The molecule has 3 heterocycles. The van der Waals surface area contributed by atoms with Gasteiger partial charge in [-0.3, -0.25) is 4.40 Å². The summed E-state index contributed by atoms with van der Waals surface area (Å²) in [7, 11) is 0. The Morgan fingerprint density at radius 2 is 2.35 bits per heavy atom. The van der Waals surface area contributed by atoms with Crippen molar-refractivity contribution >= 4 is 39.2 Å². The van der Waals surface area contributed by atoms with Crippen LogP contribution < -0.4 is 5.73 Å². The summed E-state index contributed by atoms with van der Waals surface area (Å²) in [5.74, 6) is 0. The molecular formula is C11H10ClN3S2. The Labute approximate surface area is 111 Å². The zero-order valence-electron chi connectivity index (χ0n) is 8.84. The minimum atomic E-state index is -0.0305. The number of fused-ring (bicyclic) bond motifs is 1. The van der Waals surface area contributed by atoms with E-state index in [2.05, 4.69) is 4.98 Å². The molecule has 3 rings (SSSR count). The average Bonchev–Trinajstić information content (AvgIpc) is 2.92. The van der Waals surface area contributed by atoms with Crippen LogP contribution in [0.2, 0.25) is 4.34 Å². The van der Waals surface area contributed by atoms with Crippen LogP contribution in [0.25, 0.3) is 4.96 Å². The summed E-state index contributed by atoms with van der Waals surface area (Å²) in [6, 6.07) is 3.83. The molecule has 0 fully saturated rings. The largest absolute Gasteiger partial charge is 0.323 e. The van der Waals surface area contributed by atoms with Gasteiger partial charge < -0.3 is 5.73 Å². The van der Waals surface area contributed by atoms with Crippen molar-refractivity contribution in [1.82, 2.24) is 9.38 Å². The molecule has 0 saturated heterocycles. The van der Waals surface area contributed by atoms with Crippen molar-refractivity contribution in [2.75, 3.05) is 0 Å². The minimum Gasteiger partial charge on any atom is -0.323 e. The minimum absolute atomic E-state index is 0.0305. The van der Waals surface area contributed by atoms with Gasteiger partial charge in [0.25, 0.3) is 0 Å². The Balaban J connectivity index is 1.80. The molecule has 0 radical (unpaired) electrons. The highest BCUT2D eigenvalue weighted by Gasteiger charge is 2.12. The van der Waals surface area contributed by atoms with Crippen molar-refractivity contribution in [3.63, 3.8) is 0 Å². The summed E-state index contributed by atoms with van der Waals surface area (Å²) in [6.45, 7) is 0. The predicted octanol–water partition coefficient (Wildman–Crippen LogP) is 3.35. The first kappa shape index (κ1) is 11.2. The second-order valence-electron chi connectivity index (χ2n) is 3.78. The quantitative estimate of drug-likeness (QED) is 0.801. The smallest absolute Gasteiger partial charge is 0.193 e. The van der Waals surface area contributed by atoms with Gasteiger partial charge in [-0.2, -0.15) is 0 Å². The van der Waals surface area contributed by atoms with E-state index in [4.69, 9.17) is 17.3 Å². The van der Waals surface area contributed by atoms with Crippen molar-refractivity contribution < 1.29 is 0 Å². The van der Waals surface area contributed by atoms with Crippen LogP contribution in [-0.4, -0.2) is 9.38 Å². The molecule has 0 aromatic carbocycles. The van der Waals surface area contributed by atoms with Gasteiger partial charge in [0.1, 0.15) is 0 Å². The van der Waals surface area contributed by atoms with Crippen LogP contribution in [0, 0.1) is 0 Å². The molecule has 0 spiro atoms. The Bertz CT molecular complexity index is 611. The lowest BCUT2D eigenvalue weighted by atomic mass is 10.1. The monoisotopic (exact) mass is 283 g/mol. The second-order valence-corrected chi connectivity index (χ2v) is 6.40. The lowest BCUT2D eigenvalue weighted by Gasteiger charge is -2.06. The third-order valence-corrected chi connectivity index (χ3v) is 4.67. The number of hydrogen-bond acceptors (Lipinski definition) is 4. The third-order valence-electron chi connectivity index (χ3n) is 2.53. The molecule has 0 bridgehead atoms. The molecule has 1 atom stereocenters. The highest BCUT2D eigenvalue weighted by molar-refractivity contribution is 7.16. The van der Waals surface area contributed by atoms with Crippen LogP contribution in [0.1, 0.15) is 16.6 Å². The first-order valence-corrected chi connectivity index (χ1v) is 7.21. The van der Waals surface area contributed by atoms with Gasteiger partial charge in [-0.25, -0.2) is 4.98 Å². The molecule has 6 heteroatoms. The number of thiophene rings is 1. The molecule has 0 amide bonds. The molecular weight excluding hydrogens is 274 g/mol. The number of aromatic nitrogens is 2. The Kier molecular flexibility index (Phi) is 2.92. The molecule has 0 aliphatic heterocycles. The first-order valence-electron chi connectivity index (χ1n) is 5.14. The Hall–Kier alpha value is -0.880. The van der Waals surface area contributed by atoms with Crippen LogP contribution in [0.15, 0.2) is 29.9 Å². The van der Waals surface area contributed by atoms with Crippen LogP contribution in [0.4, 0.5) is 0 Å². The predicted molar refractivity (Wildman–Crippen MR) is 73.0 cm³/mol. The van der Waals surface area contributed by atoms with Crippen molar-refractivity contribution in [1.29, 1.82) is 0 Å². The molecule has 2 N–H and O–H groups in total. The van der Waals surface area contributed by atoms with Gasteiger partial charge in [-0.05, 0) is 12.1 Å². The summed E-state index contributed by atoms with van der Waals surface area (Å²) in [4.78, 5) is 6.63. The third kappa shape index (κ3) is 2.24. The zero-order valence-corrected chi connectivity index (χ0v) is 11.2. The molecule has 0 aliphatic rings. The Morgan fingerprint density at radius 1 is 1.47 bits per heavy atom. The zero-order chi connectivity index (χ0) is 11.8. The van der Waals surface area contributed by atoms with Crippen LogP contribution in [-0.2, 0) is 6.42 Å². The second kappa shape index (κ2) is 4.42. The van der Waals surface area contributed by atoms with E-state index >= 15 is 0 Å². The van der Waals surface area contributed by atoms with Crippen LogP contribution in [0.5, 0.6) is 0 Å². The van der Waals surface area contributed by atoms with Gasteiger partial charge in [0.2, 0.25) is 0 Å². The topological polar surface area (TPSA) is 43.3 Å². The molecule has 88 valence electrons. The summed E-state index contributed by atoms with van der Waals surface area (Å²) >= 11 is 9.06. The summed E-state index contributed by atoms with van der Waals surface area (Å²) in [6.07, 6.45) is 4.77. The molecule has 3 nitrogen and oxygen atoms in total. The van der Waals surface area contributed by atoms with Gasteiger partial charge in [-0.1, -0.05) is 11.6 Å². The summed E-state index contributed by atoms with van der Waals surface area (Å²) in [5.41, 5.74) is 7.16. The molecule has 3 aromatic heterocycles. The molecule has 3 aromatic rings. The normalized spacial score (nSPS) is 13.3. The van der Waals surface area contributed by atoms with Gasteiger partial charge in [0.05, 0.1) is 10.0 Å². The van der Waals surface area contributed by atoms with E-state index in [1.54, 1.807) is 11.3 Å². The maximum atomic E-state index is 6.14. The number of imidazole rings is 1. The fraction of sp³-hybridized carbons (Fsp3) is 0.182. The van der Waals surface area contributed by atoms with Gasteiger partial charge in [0.15, 0.2) is 4.96 Å². The number of thiazole rings is 1. The fourth-order valence-electron chi connectivity index (χ4n) is 1.73. The maximum Gasteiger partial charge on any atom is 0.193 e. The lowest BCUT2D eigenvalue weighted by Crippen LogP contribution is -2.11. The first-order chi connectivity index (χ1) is 8.22. The van der Waals surface area contributed by atoms with E-state index in [9.17, 15) is 0 Å². The van der Waals surface area contributed by atoms with Gasteiger partial charge in [-0.15, -0.1) is 22.7 Å². The number of hydrogen-bond donors (Lipinski definition) is 1. The highest BCUT2D eigenvalue weighted by atomic mass is 35.5. The molecule has 0 saturated carbocycles. The van der Waals surface area contributed by atoms with Crippen LogP contribution >= 0.6 is 34.3 Å². The van der Waals surface area contributed by atoms with E-state index in [1.165, 1.54) is 11.3 Å². The number of rotatable bonds is 3. The van der Waals surface area contributed by atoms with E-state index in [1.807, 2.05) is 34.3 Å². The maximum absolute atomic E-state index is 6.14. The fourth-order valence-corrected chi connectivity index (χ4v) is 3.51. The summed E-state index contributed by atoms with van der Waals surface area (Å²) < 4.78 is 2.80. The SMILES string of the molecule is NC(Cc1cn2ccsc2n1)c1ccc(Cl)s1. The lowest BCUT2D eigenvalue weighted by molar-refractivity contribution is 0.724. The molecule has 17 heavy (non-hydrogen) atoms. The van der Waals surface area contributed by atoms with E-state index in [-0.39, 0.29) is 6.04 Å². The molecule has 1 unspecified atom stereocenters. The van der Waals surface area contributed by atoms with Crippen LogP contribution in [0.3, 0.4) is 0 Å². The summed E-state index contributed by atoms with van der Waals surface area (Å²) in [5, 5.41) is 2.02. The number of halogens is 1. The number of nitrogens with two attached hydrogens (primary N) is 1. The van der Waals surface area contributed by atoms with Crippen molar-refractivity contribution in [2.45, 2.75) is 12.5 Å². The van der Waals surface area contributed by atoms with E-state index < -0.39 is 0 Å². The van der Waals surface area contributed by atoms with Crippen molar-refractivity contribution in [2.24, 2.45) is 5.73 Å². The van der Waals surface area contributed by atoms with Gasteiger partial charge >= 0.3 is 0 Å². The molecule has 0 aliphatic carbocycles. The van der Waals surface area contributed by atoms with E-state index in [0.29, 0.717) is 0 Å². The Morgan fingerprint density at radius 3 is 3.06 bits per heavy atom. The van der Waals surface area contributed by atoms with Crippen molar-refractivity contribution in [3.05, 3.63) is 44.8 Å². The highest BCUT2D eigenvalue weighted by Crippen LogP contribution is 2.27. The van der Waals surface area contributed by atoms with Gasteiger partial charge in [0, 0.05) is 35.1 Å². The average molecular weight is 284 g/mol. The standard InChI is InChI=1S/C11H10ClN3S2/c12-10-2-1-9(17-10)8(13)5-7-6-15-3-4-16-11(15)14-7/h1-4,6,8H,5,13H2. The van der Waals surface area contributed by atoms with Crippen molar-refractivity contribution in [3.8, 4) is 0 Å².